The van der Waals surface area contributed by atoms with Gasteiger partial charge in [-0.2, -0.15) is 5.26 Å². The molecule has 0 amide bonds. The maximum atomic E-state index is 9.31. The topological polar surface area (TPSA) is 54.0 Å². The summed E-state index contributed by atoms with van der Waals surface area (Å²) in [5.74, 6) is 0.700. The third-order valence-electron chi connectivity index (χ3n) is 3.43. The molecule has 22 heavy (non-hydrogen) atoms. The molecule has 0 saturated carbocycles. The van der Waals surface area contributed by atoms with Crippen LogP contribution >= 0.6 is 11.8 Å². The fourth-order valence-electron chi connectivity index (χ4n) is 2.41. The van der Waals surface area contributed by atoms with E-state index in [2.05, 4.69) is 35.2 Å². The molecular weight excluding hydrogens is 292 g/mol. The summed E-state index contributed by atoms with van der Waals surface area (Å²) in [6.07, 6.45) is 4.09. The van der Waals surface area contributed by atoms with Crippen molar-refractivity contribution in [2.45, 2.75) is 31.6 Å². The summed E-state index contributed by atoms with van der Waals surface area (Å²) in [5, 5.41) is 10.1. The molecular formula is C17H16N4S. The first-order valence-electron chi connectivity index (χ1n) is 7.02. The lowest BCUT2D eigenvalue weighted by Crippen LogP contribution is -1.94. The van der Waals surface area contributed by atoms with Crippen molar-refractivity contribution < 1.29 is 0 Å². The van der Waals surface area contributed by atoms with E-state index in [1.807, 2.05) is 36.6 Å². The minimum atomic E-state index is 0.662. The number of nitrogens with zero attached hydrogens (tertiary/aromatic N) is 4. The molecule has 110 valence electrons. The molecule has 0 aliphatic carbocycles. The third-order valence-corrected chi connectivity index (χ3v) is 4.44. The molecule has 0 atom stereocenters. The van der Waals surface area contributed by atoms with Crippen molar-refractivity contribution in [3.8, 4) is 6.07 Å². The minimum Gasteiger partial charge on any atom is -0.307 e. The quantitative estimate of drug-likeness (QED) is 0.690. The second-order valence-electron chi connectivity index (χ2n) is 5.37. The monoisotopic (exact) mass is 308 g/mol. The number of pyridine rings is 2. The number of thioether (sulfide) groups is 1. The first-order valence-corrected chi connectivity index (χ1v) is 8.01. The molecule has 0 unspecified atom stereocenters. The molecule has 0 aliphatic rings. The Morgan fingerprint density at radius 1 is 1.18 bits per heavy atom. The molecule has 5 heteroatoms. The van der Waals surface area contributed by atoms with E-state index in [-0.39, 0.29) is 0 Å². The lowest BCUT2D eigenvalue weighted by atomic mass is 10.1. The zero-order chi connectivity index (χ0) is 15.7. The Morgan fingerprint density at radius 2 is 2.00 bits per heavy atom. The Kier molecular flexibility index (Phi) is 3.86. The van der Waals surface area contributed by atoms with Gasteiger partial charge >= 0.3 is 0 Å². The summed E-state index contributed by atoms with van der Waals surface area (Å²) in [5.41, 5.74) is 5.70. The van der Waals surface area contributed by atoms with E-state index in [1.54, 1.807) is 11.8 Å². The van der Waals surface area contributed by atoms with E-state index in [0.29, 0.717) is 11.3 Å². The number of nitriles is 1. The number of aryl methyl sites for hydroxylation is 3. The van der Waals surface area contributed by atoms with E-state index in [1.165, 1.54) is 5.56 Å². The van der Waals surface area contributed by atoms with Crippen LogP contribution in [-0.4, -0.2) is 14.4 Å². The number of fused-ring (bicyclic) bond motifs is 1. The highest BCUT2D eigenvalue weighted by Crippen LogP contribution is 2.26. The van der Waals surface area contributed by atoms with Crippen LogP contribution in [0.3, 0.4) is 0 Å². The number of imidazole rings is 1. The summed E-state index contributed by atoms with van der Waals surface area (Å²) in [6.45, 7) is 5.96. The first kappa shape index (κ1) is 14.6. The highest BCUT2D eigenvalue weighted by molar-refractivity contribution is 7.98. The molecule has 3 rings (SSSR count). The summed E-state index contributed by atoms with van der Waals surface area (Å²) >= 11 is 1.56. The molecule has 3 aromatic rings. The van der Waals surface area contributed by atoms with Crippen molar-refractivity contribution in [2.24, 2.45) is 0 Å². The normalized spacial score (nSPS) is 10.8. The average Bonchev–Trinajstić information content (AvgIpc) is 2.86. The Bertz CT molecular complexity index is 890. The van der Waals surface area contributed by atoms with Crippen LogP contribution in [0.15, 0.2) is 35.6 Å². The molecule has 0 aromatic carbocycles. The molecule has 0 aliphatic heterocycles. The Hall–Kier alpha value is -2.32. The van der Waals surface area contributed by atoms with Crippen LogP contribution in [0.5, 0.6) is 0 Å². The van der Waals surface area contributed by atoms with Gasteiger partial charge in [-0.05, 0) is 44.0 Å². The summed E-state index contributed by atoms with van der Waals surface area (Å²) < 4.78 is 2.03. The van der Waals surface area contributed by atoms with E-state index < -0.39 is 0 Å². The largest absolute Gasteiger partial charge is 0.307 e. The summed E-state index contributed by atoms with van der Waals surface area (Å²) in [4.78, 5) is 9.09. The predicted molar refractivity (Wildman–Crippen MR) is 87.9 cm³/mol. The second-order valence-corrected chi connectivity index (χ2v) is 6.33. The van der Waals surface area contributed by atoms with Gasteiger partial charge in [-0.3, -0.25) is 0 Å². The van der Waals surface area contributed by atoms with Crippen LogP contribution in [0.25, 0.3) is 5.65 Å². The number of hydrogen-bond donors (Lipinski definition) is 0. The van der Waals surface area contributed by atoms with E-state index in [0.717, 1.165) is 27.6 Å². The van der Waals surface area contributed by atoms with Crippen molar-refractivity contribution in [3.63, 3.8) is 0 Å². The van der Waals surface area contributed by atoms with Crippen LogP contribution in [0.2, 0.25) is 0 Å². The van der Waals surface area contributed by atoms with Crippen molar-refractivity contribution in [1.29, 1.82) is 5.26 Å². The molecule has 4 nitrogen and oxygen atoms in total. The SMILES string of the molecule is Cc1ccc2nc(CSc3nc(C)cc(C)c3C#N)cn2c1. The number of rotatable bonds is 3. The van der Waals surface area contributed by atoms with Crippen LogP contribution < -0.4 is 0 Å². The molecule has 0 bridgehead atoms. The molecule has 0 spiro atoms. The fraction of sp³-hybridized carbons (Fsp3) is 0.235. The van der Waals surface area contributed by atoms with Gasteiger partial charge in [0.25, 0.3) is 0 Å². The van der Waals surface area contributed by atoms with Crippen molar-refractivity contribution >= 4 is 17.4 Å². The van der Waals surface area contributed by atoms with Crippen LogP contribution in [0.1, 0.15) is 28.1 Å². The van der Waals surface area contributed by atoms with Gasteiger partial charge in [-0.25, -0.2) is 9.97 Å². The molecule has 3 aromatic heterocycles. The first-order chi connectivity index (χ1) is 10.6. The fourth-order valence-corrected chi connectivity index (χ4v) is 3.39. The van der Waals surface area contributed by atoms with E-state index in [4.69, 9.17) is 0 Å². The molecule has 0 radical (unpaired) electrons. The van der Waals surface area contributed by atoms with Gasteiger partial charge in [0, 0.05) is 23.8 Å². The van der Waals surface area contributed by atoms with Gasteiger partial charge in [0.15, 0.2) is 0 Å². The van der Waals surface area contributed by atoms with Gasteiger partial charge < -0.3 is 4.40 Å². The van der Waals surface area contributed by atoms with E-state index >= 15 is 0 Å². The second kappa shape index (κ2) is 5.82. The maximum absolute atomic E-state index is 9.31. The predicted octanol–water partition coefficient (Wildman–Crippen LogP) is 3.82. The molecule has 3 heterocycles. The lowest BCUT2D eigenvalue weighted by molar-refractivity contribution is 1.03. The van der Waals surface area contributed by atoms with Crippen molar-refractivity contribution in [1.82, 2.24) is 14.4 Å². The van der Waals surface area contributed by atoms with Crippen molar-refractivity contribution in [3.05, 3.63) is 58.7 Å². The van der Waals surface area contributed by atoms with Crippen LogP contribution in [0, 0.1) is 32.1 Å². The smallest absolute Gasteiger partial charge is 0.137 e. The van der Waals surface area contributed by atoms with Gasteiger partial charge in [0.05, 0.1) is 11.3 Å². The summed E-state index contributed by atoms with van der Waals surface area (Å²) in [6, 6.07) is 8.26. The molecule has 0 N–H and O–H groups in total. The van der Waals surface area contributed by atoms with Crippen LogP contribution in [-0.2, 0) is 5.75 Å². The highest BCUT2D eigenvalue weighted by Gasteiger charge is 2.10. The number of hydrogen-bond acceptors (Lipinski definition) is 4. The lowest BCUT2D eigenvalue weighted by Gasteiger charge is -2.06. The van der Waals surface area contributed by atoms with Gasteiger partial charge in [-0.15, -0.1) is 0 Å². The summed E-state index contributed by atoms with van der Waals surface area (Å²) in [7, 11) is 0. The Labute approximate surface area is 133 Å². The van der Waals surface area contributed by atoms with Crippen molar-refractivity contribution in [2.75, 3.05) is 0 Å². The average molecular weight is 308 g/mol. The van der Waals surface area contributed by atoms with Crippen LogP contribution in [0.4, 0.5) is 0 Å². The zero-order valence-electron chi connectivity index (χ0n) is 12.8. The minimum absolute atomic E-state index is 0.662. The zero-order valence-corrected chi connectivity index (χ0v) is 13.6. The van der Waals surface area contributed by atoms with Gasteiger partial charge in [-0.1, -0.05) is 17.8 Å². The third kappa shape index (κ3) is 2.83. The molecule has 0 fully saturated rings. The Morgan fingerprint density at radius 3 is 2.77 bits per heavy atom. The number of aromatic nitrogens is 3. The van der Waals surface area contributed by atoms with Gasteiger partial charge in [0.1, 0.15) is 16.7 Å². The molecule has 0 saturated heterocycles. The van der Waals surface area contributed by atoms with Gasteiger partial charge in [0.2, 0.25) is 0 Å². The van der Waals surface area contributed by atoms with E-state index in [9.17, 15) is 5.26 Å². The standard InChI is InChI=1S/C17H16N4S/c1-11-4-5-16-20-14(9-21(16)8-11)10-22-17-15(7-18)12(2)6-13(3)19-17/h4-6,8-9H,10H2,1-3H3. The maximum Gasteiger partial charge on any atom is 0.137 e. The Balaban J connectivity index is 1.86. The highest BCUT2D eigenvalue weighted by atomic mass is 32.2.